The van der Waals surface area contributed by atoms with Gasteiger partial charge in [-0.05, 0) is 73.7 Å². The summed E-state index contributed by atoms with van der Waals surface area (Å²) in [6.45, 7) is 0. The lowest BCUT2D eigenvalue weighted by Crippen LogP contribution is -2.29. The molecule has 2 rings (SSSR count). The third kappa shape index (κ3) is 3.55. The van der Waals surface area contributed by atoms with E-state index in [9.17, 15) is 0 Å². The molecule has 2 nitrogen and oxygen atoms in total. The van der Waals surface area contributed by atoms with E-state index in [1.807, 2.05) is 0 Å². The highest BCUT2D eigenvalue weighted by Crippen LogP contribution is 2.31. The summed E-state index contributed by atoms with van der Waals surface area (Å²) in [6.07, 6.45) is 0.868. The molecule has 0 aliphatic heterocycles. The molecule has 3 N–H and O–H groups in total. The first-order valence-electron chi connectivity index (χ1n) is 5.24. The fourth-order valence-electron chi connectivity index (χ4n) is 1.70. The molecule has 0 aliphatic rings. The first-order valence-corrected chi connectivity index (χ1v) is 8.79. The molecule has 1 unspecified atom stereocenters. The first kappa shape index (κ1) is 14.9. The second-order valence-electron chi connectivity index (χ2n) is 3.78. The van der Waals surface area contributed by atoms with E-state index in [1.165, 1.54) is 14.0 Å². The number of nitrogens with two attached hydrogens (primary N) is 1. The number of hydrazine groups is 1. The number of thiophene rings is 1. The summed E-state index contributed by atoms with van der Waals surface area (Å²) >= 11 is 11.2. The van der Waals surface area contributed by atoms with E-state index in [0.717, 1.165) is 15.4 Å². The van der Waals surface area contributed by atoms with Gasteiger partial charge in [0.2, 0.25) is 0 Å². The predicted molar refractivity (Wildman–Crippen MR) is 92.6 cm³/mol. The largest absolute Gasteiger partial charge is 0.271 e. The maximum absolute atomic E-state index is 5.71. The Bertz CT molecular complexity index is 545. The quantitative estimate of drug-likeness (QED) is 0.364. The topological polar surface area (TPSA) is 38.0 Å². The first-order chi connectivity index (χ1) is 8.61. The molecule has 18 heavy (non-hydrogen) atoms. The lowest BCUT2D eigenvalue weighted by molar-refractivity contribution is 0.552. The van der Waals surface area contributed by atoms with E-state index >= 15 is 0 Å². The van der Waals surface area contributed by atoms with Crippen molar-refractivity contribution in [3.05, 3.63) is 52.6 Å². The third-order valence-corrected chi connectivity index (χ3v) is 5.96. The van der Waals surface area contributed by atoms with Gasteiger partial charge in [0.05, 0.1) is 6.04 Å². The molecule has 96 valence electrons. The highest BCUT2D eigenvalue weighted by atomic mass is 127. The molecule has 0 aliphatic carbocycles. The summed E-state index contributed by atoms with van der Waals surface area (Å²) in [6, 6.07) is 8.45. The minimum absolute atomic E-state index is 0.101. The maximum Gasteiger partial charge on any atom is 0.0520 e. The number of hydrogen-bond donors (Lipinski definition) is 2. The van der Waals surface area contributed by atoms with Crippen LogP contribution in [0.15, 0.2) is 38.6 Å². The van der Waals surface area contributed by atoms with E-state index in [0.29, 0.717) is 0 Å². The average molecular weight is 502 g/mol. The molecule has 1 atom stereocenters. The minimum atomic E-state index is 0.101. The number of halogens is 3. The maximum atomic E-state index is 5.71. The minimum Gasteiger partial charge on any atom is -0.271 e. The zero-order valence-electron chi connectivity index (χ0n) is 9.29. The molecule has 0 radical (unpaired) electrons. The van der Waals surface area contributed by atoms with Crippen LogP contribution in [0.2, 0.25) is 0 Å². The van der Waals surface area contributed by atoms with Gasteiger partial charge in [0.25, 0.3) is 0 Å². The van der Waals surface area contributed by atoms with Crippen molar-refractivity contribution in [3.63, 3.8) is 0 Å². The summed E-state index contributed by atoms with van der Waals surface area (Å²) in [7, 11) is 0. The van der Waals surface area contributed by atoms with Crippen LogP contribution in [0.3, 0.4) is 0 Å². The normalized spacial score (nSPS) is 12.7. The van der Waals surface area contributed by atoms with Crippen molar-refractivity contribution >= 4 is 65.8 Å². The zero-order chi connectivity index (χ0) is 13.1. The summed E-state index contributed by atoms with van der Waals surface area (Å²) in [4.78, 5) is 1.30. The molecular formula is C12H11Br2IN2S. The van der Waals surface area contributed by atoms with Gasteiger partial charge in [-0.25, -0.2) is 0 Å². The monoisotopic (exact) mass is 500 g/mol. The van der Waals surface area contributed by atoms with E-state index in [4.69, 9.17) is 5.84 Å². The van der Waals surface area contributed by atoms with Gasteiger partial charge in [0.15, 0.2) is 0 Å². The Kier molecular flexibility index (Phi) is 5.64. The molecule has 0 spiro atoms. The van der Waals surface area contributed by atoms with E-state index in [2.05, 4.69) is 89.5 Å². The zero-order valence-corrected chi connectivity index (χ0v) is 15.4. The van der Waals surface area contributed by atoms with Crippen LogP contribution in [-0.4, -0.2) is 0 Å². The SMILES string of the molecule is NNC(Cc1sccc1Br)c1cc(I)ccc1Br. The number of nitrogens with one attached hydrogen (secondary N) is 1. The fraction of sp³-hybridized carbons (Fsp3) is 0.167. The van der Waals surface area contributed by atoms with Gasteiger partial charge in [-0.15, -0.1) is 11.3 Å². The van der Waals surface area contributed by atoms with Gasteiger partial charge in [0, 0.05) is 23.8 Å². The molecule has 0 fully saturated rings. The lowest BCUT2D eigenvalue weighted by Gasteiger charge is -2.18. The highest BCUT2D eigenvalue weighted by Gasteiger charge is 2.16. The Balaban J connectivity index is 2.28. The van der Waals surface area contributed by atoms with Crippen LogP contribution in [0.5, 0.6) is 0 Å². The van der Waals surface area contributed by atoms with Gasteiger partial charge >= 0.3 is 0 Å². The van der Waals surface area contributed by atoms with Crippen LogP contribution in [0.25, 0.3) is 0 Å². The van der Waals surface area contributed by atoms with Crippen LogP contribution >= 0.6 is 65.8 Å². The Morgan fingerprint density at radius 3 is 2.67 bits per heavy atom. The van der Waals surface area contributed by atoms with Crippen molar-refractivity contribution in [2.75, 3.05) is 0 Å². The molecule has 0 bridgehead atoms. The number of rotatable bonds is 4. The van der Waals surface area contributed by atoms with Crippen molar-refractivity contribution in [3.8, 4) is 0 Å². The van der Waals surface area contributed by atoms with Crippen LogP contribution < -0.4 is 11.3 Å². The molecule has 1 aromatic heterocycles. The Hall–Kier alpha value is 0.530. The van der Waals surface area contributed by atoms with Gasteiger partial charge < -0.3 is 0 Å². The van der Waals surface area contributed by atoms with Crippen molar-refractivity contribution in [2.24, 2.45) is 5.84 Å². The summed E-state index contributed by atoms with van der Waals surface area (Å²) in [5.41, 5.74) is 4.09. The van der Waals surface area contributed by atoms with Crippen molar-refractivity contribution in [2.45, 2.75) is 12.5 Å². The van der Waals surface area contributed by atoms with Crippen LogP contribution in [0, 0.1) is 3.57 Å². The van der Waals surface area contributed by atoms with Gasteiger partial charge in [-0.3, -0.25) is 11.3 Å². The fourth-order valence-corrected chi connectivity index (χ4v) is 4.30. The second-order valence-corrected chi connectivity index (χ2v) is 7.74. The van der Waals surface area contributed by atoms with Crippen molar-refractivity contribution in [1.82, 2.24) is 5.43 Å². The molecule has 1 aromatic carbocycles. The third-order valence-electron chi connectivity index (χ3n) is 2.62. The predicted octanol–water partition coefficient (Wildman–Crippen LogP) is 4.62. The Morgan fingerprint density at radius 2 is 2.06 bits per heavy atom. The molecule has 0 saturated carbocycles. The molecule has 1 heterocycles. The van der Waals surface area contributed by atoms with E-state index in [1.54, 1.807) is 11.3 Å². The van der Waals surface area contributed by atoms with Crippen LogP contribution in [-0.2, 0) is 6.42 Å². The molecule has 2 aromatic rings. The summed E-state index contributed by atoms with van der Waals surface area (Å²) in [5.74, 6) is 5.71. The molecular weight excluding hydrogens is 491 g/mol. The van der Waals surface area contributed by atoms with Crippen molar-refractivity contribution in [1.29, 1.82) is 0 Å². The Morgan fingerprint density at radius 1 is 1.28 bits per heavy atom. The van der Waals surface area contributed by atoms with Gasteiger partial charge in [-0.2, -0.15) is 0 Å². The van der Waals surface area contributed by atoms with Crippen molar-refractivity contribution < 1.29 is 0 Å². The summed E-state index contributed by atoms with van der Waals surface area (Å²) < 4.78 is 3.43. The highest BCUT2D eigenvalue weighted by molar-refractivity contribution is 14.1. The van der Waals surface area contributed by atoms with E-state index in [-0.39, 0.29) is 6.04 Å². The smallest absolute Gasteiger partial charge is 0.0520 e. The van der Waals surface area contributed by atoms with Crippen LogP contribution in [0.1, 0.15) is 16.5 Å². The number of benzene rings is 1. The Labute approximate surface area is 141 Å². The standard InChI is InChI=1S/C12H11Br2IN2S/c13-9-2-1-7(15)5-8(9)11(17-16)6-12-10(14)3-4-18-12/h1-5,11,17H,6,16H2. The second kappa shape index (κ2) is 6.81. The van der Waals surface area contributed by atoms with Gasteiger partial charge in [-0.1, -0.05) is 15.9 Å². The molecule has 0 saturated heterocycles. The number of hydrogen-bond acceptors (Lipinski definition) is 3. The summed E-state index contributed by atoms with van der Waals surface area (Å²) in [5, 5.41) is 2.08. The van der Waals surface area contributed by atoms with E-state index < -0.39 is 0 Å². The molecule has 6 heteroatoms. The average Bonchev–Trinajstić information content (AvgIpc) is 2.75. The van der Waals surface area contributed by atoms with Crippen LogP contribution in [0.4, 0.5) is 0 Å². The lowest BCUT2D eigenvalue weighted by atomic mass is 10.0. The van der Waals surface area contributed by atoms with Gasteiger partial charge in [0.1, 0.15) is 0 Å². The molecule has 0 amide bonds.